The van der Waals surface area contributed by atoms with Gasteiger partial charge in [-0.2, -0.15) is 0 Å². The Labute approximate surface area is 80.0 Å². The molecule has 2 fully saturated rings. The Hall–Kier alpha value is -0.0800. The second kappa shape index (κ2) is 3.25. The summed E-state index contributed by atoms with van der Waals surface area (Å²) in [6, 6.07) is 0. The summed E-state index contributed by atoms with van der Waals surface area (Å²) in [5.41, 5.74) is -0.209. The SMILES string of the molecule is C[C@@]12CCCC[C@@H](CC[C@@H]1O)[C@@H]2O. The molecular weight excluding hydrogens is 164 g/mol. The second-order valence-corrected chi connectivity index (χ2v) is 5.05. The highest BCUT2D eigenvalue weighted by molar-refractivity contribution is 4.98. The van der Waals surface area contributed by atoms with E-state index in [9.17, 15) is 10.2 Å². The van der Waals surface area contributed by atoms with Crippen molar-refractivity contribution in [2.24, 2.45) is 11.3 Å². The Bertz CT molecular complexity index is 193. The van der Waals surface area contributed by atoms with Crippen LogP contribution in [0.25, 0.3) is 0 Å². The number of fused-ring (bicyclic) bond motifs is 2. The van der Waals surface area contributed by atoms with Crippen LogP contribution in [0.4, 0.5) is 0 Å². The van der Waals surface area contributed by atoms with Gasteiger partial charge in [-0.15, -0.1) is 0 Å². The molecule has 2 bridgehead atoms. The largest absolute Gasteiger partial charge is 0.392 e. The quantitative estimate of drug-likeness (QED) is 0.601. The molecule has 2 aliphatic carbocycles. The summed E-state index contributed by atoms with van der Waals surface area (Å²) < 4.78 is 0. The first-order chi connectivity index (χ1) is 6.14. The highest BCUT2D eigenvalue weighted by Gasteiger charge is 2.47. The van der Waals surface area contributed by atoms with E-state index in [1.165, 1.54) is 12.8 Å². The van der Waals surface area contributed by atoms with Crippen LogP contribution in [-0.4, -0.2) is 22.4 Å². The summed E-state index contributed by atoms with van der Waals surface area (Å²) in [5.74, 6) is 0.455. The Kier molecular flexibility index (Phi) is 2.37. The summed E-state index contributed by atoms with van der Waals surface area (Å²) >= 11 is 0. The van der Waals surface area contributed by atoms with Crippen LogP contribution in [0.3, 0.4) is 0 Å². The van der Waals surface area contributed by atoms with Crippen molar-refractivity contribution in [3.05, 3.63) is 0 Å². The summed E-state index contributed by atoms with van der Waals surface area (Å²) in [7, 11) is 0. The lowest BCUT2D eigenvalue weighted by Gasteiger charge is -2.45. The van der Waals surface area contributed by atoms with E-state index in [1.54, 1.807) is 0 Å². The van der Waals surface area contributed by atoms with E-state index in [-0.39, 0.29) is 17.6 Å². The minimum Gasteiger partial charge on any atom is -0.392 e. The monoisotopic (exact) mass is 184 g/mol. The third-order valence-corrected chi connectivity index (χ3v) is 4.23. The van der Waals surface area contributed by atoms with Gasteiger partial charge < -0.3 is 10.2 Å². The van der Waals surface area contributed by atoms with Crippen LogP contribution in [0.15, 0.2) is 0 Å². The normalized spacial score (nSPS) is 51.5. The summed E-state index contributed by atoms with van der Waals surface area (Å²) in [4.78, 5) is 0. The molecule has 0 aliphatic heterocycles. The molecule has 0 spiro atoms. The molecule has 2 aliphatic rings. The van der Waals surface area contributed by atoms with Crippen molar-refractivity contribution in [2.75, 3.05) is 0 Å². The fourth-order valence-electron chi connectivity index (χ4n) is 3.12. The van der Waals surface area contributed by atoms with Crippen LogP contribution < -0.4 is 0 Å². The van der Waals surface area contributed by atoms with E-state index in [0.717, 1.165) is 25.7 Å². The van der Waals surface area contributed by atoms with Crippen molar-refractivity contribution in [3.8, 4) is 0 Å². The van der Waals surface area contributed by atoms with Gasteiger partial charge in [0.15, 0.2) is 0 Å². The molecule has 2 N–H and O–H groups in total. The first-order valence-corrected chi connectivity index (χ1v) is 5.51. The number of rotatable bonds is 0. The van der Waals surface area contributed by atoms with Gasteiger partial charge in [-0.1, -0.05) is 19.8 Å². The van der Waals surface area contributed by atoms with Crippen molar-refractivity contribution < 1.29 is 10.2 Å². The zero-order chi connectivity index (χ0) is 9.47. The molecule has 0 saturated heterocycles. The lowest BCUT2D eigenvalue weighted by molar-refractivity contribution is -0.116. The van der Waals surface area contributed by atoms with Crippen LogP contribution in [0.2, 0.25) is 0 Å². The molecule has 76 valence electrons. The van der Waals surface area contributed by atoms with E-state index in [0.29, 0.717) is 5.92 Å². The number of hydrogen-bond acceptors (Lipinski definition) is 2. The zero-order valence-corrected chi connectivity index (χ0v) is 8.37. The van der Waals surface area contributed by atoms with Crippen LogP contribution in [0, 0.1) is 11.3 Å². The Balaban J connectivity index is 2.24. The lowest BCUT2D eigenvalue weighted by atomic mass is 9.65. The molecule has 0 amide bonds. The van der Waals surface area contributed by atoms with Crippen molar-refractivity contribution in [1.29, 1.82) is 0 Å². The predicted octanol–water partition coefficient (Wildman–Crippen LogP) is 1.70. The minimum absolute atomic E-state index is 0.209. The average molecular weight is 184 g/mol. The van der Waals surface area contributed by atoms with Crippen LogP contribution in [-0.2, 0) is 0 Å². The van der Waals surface area contributed by atoms with E-state index in [1.807, 2.05) is 0 Å². The third-order valence-electron chi connectivity index (χ3n) is 4.23. The molecule has 2 nitrogen and oxygen atoms in total. The highest BCUT2D eigenvalue weighted by atomic mass is 16.3. The van der Waals surface area contributed by atoms with E-state index in [4.69, 9.17) is 0 Å². The third kappa shape index (κ3) is 1.40. The zero-order valence-electron chi connectivity index (χ0n) is 8.37. The molecule has 2 heteroatoms. The average Bonchev–Trinajstić information content (AvgIpc) is 2.19. The topological polar surface area (TPSA) is 40.5 Å². The highest BCUT2D eigenvalue weighted by Crippen LogP contribution is 2.47. The van der Waals surface area contributed by atoms with Crippen LogP contribution in [0.1, 0.15) is 45.4 Å². The fraction of sp³-hybridized carbons (Fsp3) is 1.00. The molecular formula is C11H20O2. The second-order valence-electron chi connectivity index (χ2n) is 5.05. The van der Waals surface area contributed by atoms with Gasteiger partial charge in [-0.25, -0.2) is 0 Å². The molecule has 0 aromatic heterocycles. The maximum absolute atomic E-state index is 10.1. The first-order valence-electron chi connectivity index (χ1n) is 5.51. The van der Waals surface area contributed by atoms with Crippen LogP contribution >= 0.6 is 0 Å². The fourth-order valence-corrected chi connectivity index (χ4v) is 3.12. The summed E-state index contributed by atoms with van der Waals surface area (Å²) in [5, 5.41) is 20.1. The molecule has 0 radical (unpaired) electrons. The van der Waals surface area contributed by atoms with Crippen molar-refractivity contribution in [3.63, 3.8) is 0 Å². The lowest BCUT2D eigenvalue weighted by Crippen LogP contribution is -2.49. The molecule has 13 heavy (non-hydrogen) atoms. The molecule has 2 rings (SSSR count). The van der Waals surface area contributed by atoms with E-state index in [2.05, 4.69) is 6.92 Å². The smallest absolute Gasteiger partial charge is 0.0646 e. The Morgan fingerprint density at radius 3 is 2.62 bits per heavy atom. The van der Waals surface area contributed by atoms with Crippen LogP contribution in [0.5, 0.6) is 0 Å². The van der Waals surface area contributed by atoms with Gasteiger partial charge in [-0.05, 0) is 31.6 Å². The first kappa shape index (κ1) is 9.47. The summed E-state index contributed by atoms with van der Waals surface area (Å²) in [6.45, 7) is 2.06. The molecule has 0 aromatic rings. The van der Waals surface area contributed by atoms with Gasteiger partial charge in [-0.3, -0.25) is 0 Å². The molecule has 0 aromatic carbocycles. The Morgan fingerprint density at radius 1 is 1.08 bits per heavy atom. The maximum Gasteiger partial charge on any atom is 0.0646 e. The van der Waals surface area contributed by atoms with Gasteiger partial charge in [0.2, 0.25) is 0 Å². The van der Waals surface area contributed by atoms with Crippen molar-refractivity contribution >= 4 is 0 Å². The van der Waals surface area contributed by atoms with Gasteiger partial charge in [0.25, 0.3) is 0 Å². The molecule has 0 unspecified atom stereocenters. The minimum atomic E-state index is -0.281. The molecule has 0 heterocycles. The number of aliphatic hydroxyl groups excluding tert-OH is 2. The molecule has 4 atom stereocenters. The van der Waals surface area contributed by atoms with Gasteiger partial charge in [0.1, 0.15) is 0 Å². The number of hydrogen-bond donors (Lipinski definition) is 2. The standard InChI is InChI=1S/C11H20O2/c1-11-7-3-2-4-8(10(11)13)5-6-9(11)12/h8-10,12-13H,2-7H2,1H3/t8-,9-,10-,11+/m0/s1. The number of aliphatic hydroxyl groups is 2. The van der Waals surface area contributed by atoms with Crippen molar-refractivity contribution in [1.82, 2.24) is 0 Å². The maximum atomic E-state index is 10.1. The molecule has 2 saturated carbocycles. The van der Waals surface area contributed by atoms with E-state index < -0.39 is 0 Å². The van der Waals surface area contributed by atoms with E-state index >= 15 is 0 Å². The predicted molar refractivity (Wildman–Crippen MR) is 51.3 cm³/mol. The van der Waals surface area contributed by atoms with Crippen molar-refractivity contribution in [2.45, 2.75) is 57.7 Å². The van der Waals surface area contributed by atoms with Gasteiger partial charge >= 0.3 is 0 Å². The van der Waals surface area contributed by atoms with Gasteiger partial charge in [0.05, 0.1) is 12.2 Å². The Morgan fingerprint density at radius 2 is 1.85 bits per heavy atom. The van der Waals surface area contributed by atoms with Gasteiger partial charge in [0, 0.05) is 5.41 Å². The summed E-state index contributed by atoms with van der Waals surface area (Å²) in [6.07, 6.45) is 5.90.